The number of benzene rings is 2. The summed E-state index contributed by atoms with van der Waals surface area (Å²) in [6.45, 7) is 3.85. The molecule has 0 saturated heterocycles. The largest absolute Gasteiger partial charge is 0.491 e. The first-order valence-electron chi connectivity index (χ1n) is 8.41. The normalized spacial score (nSPS) is 11.3. The molecule has 2 aromatic rings. The number of rotatable bonds is 8. The number of sulfonamides is 1. The van der Waals surface area contributed by atoms with Gasteiger partial charge < -0.3 is 10.1 Å². The number of halogens is 1. The van der Waals surface area contributed by atoms with E-state index in [9.17, 15) is 13.2 Å². The number of hydrogen-bond donors (Lipinski definition) is 1. The van der Waals surface area contributed by atoms with Crippen LogP contribution in [0.4, 0.5) is 5.69 Å². The van der Waals surface area contributed by atoms with Crippen molar-refractivity contribution >= 4 is 33.2 Å². The summed E-state index contributed by atoms with van der Waals surface area (Å²) in [5.41, 5.74) is 1.23. The first-order valence-corrected chi connectivity index (χ1v) is 10.6. The zero-order valence-corrected chi connectivity index (χ0v) is 17.0. The molecular weight excluding hydrogens is 388 g/mol. The van der Waals surface area contributed by atoms with Crippen LogP contribution in [-0.2, 0) is 21.4 Å². The van der Waals surface area contributed by atoms with Gasteiger partial charge in [-0.15, -0.1) is 0 Å². The molecule has 2 aromatic carbocycles. The van der Waals surface area contributed by atoms with Crippen LogP contribution in [0.1, 0.15) is 19.4 Å². The summed E-state index contributed by atoms with van der Waals surface area (Å²) in [5.74, 6) is 0.340. The fourth-order valence-corrected chi connectivity index (χ4v) is 3.41. The number of ether oxygens (including phenoxy) is 1. The molecule has 0 aliphatic carbocycles. The number of anilines is 1. The molecule has 0 aliphatic rings. The summed E-state index contributed by atoms with van der Waals surface area (Å²) in [6.07, 6.45) is 1.14. The highest BCUT2D eigenvalue weighted by atomic mass is 35.5. The topological polar surface area (TPSA) is 75.7 Å². The van der Waals surface area contributed by atoms with Gasteiger partial charge in [-0.05, 0) is 49.7 Å². The van der Waals surface area contributed by atoms with E-state index < -0.39 is 15.9 Å². The SMILES string of the molecule is CC(C)Oc1ccc(CNC(=O)CN(c2cccc(Cl)c2)S(C)(=O)=O)cc1. The molecule has 0 aliphatic heterocycles. The Balaban J connectivity index is 2.00. The van der Waals surface area contributed by atoms with E-state index in [4.69, 9.17) is 16.3 Å². The van der Waals surface area contributed by atoms with E-state index in [0.29, 0.717) is 10.7 Å². The van der Waals surface area contributed by atoms with Crippen molar-refractivity contribution in [1.82, 2.24) is 5.32 Å². The van der Waals surface area contributed by atoms with E-state index in [2.05, 4.69) is 5.32 Å². The second-order valence-electron chi connectivity index (χ2n) is 6.34. The molecule has 6 nitrogen and oxygen atoms in total. The first kappa shape index (κ1) is 21.1. The minimum absolute atomic E-state index is 0.0871. The molecule has 1 N–H and O–H groups in total. The molecule has 146 valence electrons. The van der Waals surface area contributed by atoms with Crippen molar-refractivity contribution in [2.45, 2.75) is 26.5 Å². The second-order valence-corrected chi connectivity index (χ2v) is 8.68. The van der Waals surface area contributed by atoms with Crippen LogP contribution in [0, 0.1) is 0 Å². The van der Waals surface area contributed by atoms with E-state index in [1.165, 1.54) is 6.07 Å². The second kappa shape index (κ2) is 9.10. The summed E-state index contributed by atoms with van der Waals surface area (Å²) in [7, 11) is -3.63. The third kappa shape index (κ3) is 6.77. The Bertz CT molecular complexity index is 883. The highest BCUT2D eigenvalue weighted by Crippen LogP contribution is 2.21. The summed E-state index contributed by atoms with van der Waals surface area (Å²) in [6, 6.07) is 13.7. The Morgan fingerprint density at radius 1 is 1.19 bits per heavy atom. The van der Waals surface area contributed by atoms with Gasteiger partial charge >= 0.3 is 0 Å². The van der Waals surface area contributed by atoms with Gasteiger partial charge in [0.25, 0.3) is 0 Å². The third-order valence-electron chi connectivity index (χ3n) is 3.57. The highest BCUT2D eigenvalue weighted by Gasteiger charge is 2.20. The molecular formula is C19H23ClN2O4S. The van der Waals surface area contributed by atoms with Crippen LogP contribution < -0.4 is 14.4 Å². The summed E-state index contributed by atoms with van der Waals surface area (Å²) in [5, 5.41) is 3.12. The molecule has 0 saturated carbocycles. The minimum Gasteiger partial charge on any atom is -0.491 e. The van der Waals surface area contributed by atoms with Gasteiger partial charge in [-0.2, -0.15) is 0 Å². The van der Waals surface area contributed by atoms with Gasteiger partial charge in [0, 0.05) is 11.6 Å². The Labute approximate surface area is 165 Å². The smallest absolute Gasteiger partial charge is 0.241 e. The molecule has 8 heteroatoms. The molecule has 27 heavy (non-hydrogen) atoms. The zero-order chi connectivity index (χ0) is 20.0. The standard InChI is InChI=1S/C19H23ClN2O4S/c1-14(2)26-18-9-7-15(8-10-18)12-21-19(23)13-22(27(3,24)25)17-6-4-5-16(20)11-17/h4-11,14H,12-13H2,1-3H3,(H,21,23). The number of carbonyl (C=O) groups excluding carboxylic acids is 1. The fourth-order valence-electron chi connectivity index (χ4n) is 2.38. The van der Waals surface area contributed by atoms with Gasteiger partial charge in [-0.1, -0.05) is 29.8 Å². The molecule has 0 heterocycles. The van der Waals surface area contributed by atoms with Crippen LogP contribution in [0.25, 0.3) is 0 Å². The van der Waals surface area contributed by atoms with Crippen LogP contribution in [0.2, 0.25) is 5.02 Å². The first-order chi connectivity index (χ1) is 12.6. The molecule has 0 aromatic heterocycles. The molecule has 0 atom stereocenters. The highest BCUT2D eigenvalue weighted by molar-refractivity contribution is 7.92. The van der Waals surface area contributed by atoms with Crippen LogP contribution in [0.15, 0.2) is 48.5 Å². The lowest BCUT2D eigenvalue weighted by atomic mass is 10.2. The number of carbonyl (C=O) groups is 1. The molecule has 1 amide bonds. The lowest BCUT2D eigenvalue weighted by molar-refractivity contribution is -0.119. The van der Waals surface area contributed by atoms with Crippen molar-refractivity contribution in [1.29, 1.82) is 0 Å². The molecule has 0 fully saturated rings. The van der Waals surface area contributed by atoms with Crippen LogP contribution in [-0.4, -0.2) is 33.2 Å². The van der Waals surface area contributed by atoms with Gasteiger partial charge in [0.2, 0.25) is 15.9 Å². The van der Waals surface area contributed by atoms with E-state index >= 15 is 0 Å². The van der Waals surface area contributed by atoms with E-state index in [1.54, 1.807) is 18.2 Å². The van der Waals surface area contributed by atoms with Gasteiger partial charge in [-0.25, -0.2) is 8.42 Å². The Morgan fingerprint density at radius 2 is 1.85 bits per heavy atom. The maximum absolute atomic E-state index is 12.3. The third-order valence-corrected chi connectivity index (χ3v) is 4.94. The molecule has 0 spiro atoms. The summed E-state index contributed by atoms with van der Waals surface area (Å²) < 4.78 is 30.7. The Kier molecular flexibility index (Phi) is 7.10. The lowest BCUT2D eigenvalue weighted by Crippen LogP contribution is -2.40. The quantitative estimate of drug-likeness (QED) is 0.725. The number of hydrogen-bond acceptors (Lipinski definition) is 4. The lowest BCUT2D eigenvalue weighted by Gasteiger charge is -2.22. The fraction of sp³-hybridized carbons (Fsp3) is 0.316. The number of nitrogens with one attached hydrogen (secondary N) is 1. The molecule has 2 rings (SSSR count). The average Bonchev–Trinajstić information content (AvgIpc) is 2.57. The van der Waals surface area contributed by atoms with Crippen molar-refractivity contribution < 1.29 is 17.9 Å². The van der Waals surface area contributed by atoms with E-state index in [-0.39, 0.29) is 19.2 Å². The van der Waals surface area contributed by atoms with Gasteiger partial charge in [0.15, 0.2) is 0 Å². The van der Waals surface area contributed by atoms with Crippen LogP contribution >= 0.6 is 11.6 Å². The van der Waals surface area contributed by atoms with Crippen LogP contribution in [0.3, 0.4) is 0 Å². The maximum Gasteiger partial charge on any atom is 0.241 e. The van der Waals surface area contributed by atoms with Crippen LogP contribution in [0.5, 0.6) is 5.75 Å². The van der Waals surface area contributed by atoms with Crippen molar-refractivity contribution in [2.75, 3.05) is 17.1 Å². The Hall–Kier alpha value is -2.25. The van der Waals surface area contributed by atoms with Crippen molar-refractivity contribution in [3.8, 4) is 5.75 Å². The number of nitrogens with zero attached hydrogens (tertiary/aromatic N) is 1. The van der Waals surface area contributed by atoms with E-state index in [1.807, 2.05) is 38.1 Å². The minimum atomic E-state index is -3.63. The molecule has 0 unspecified atom stereocenters. The predicted molar refractivity (Wildman–Crippen MR) is 108 cm³/mol. The van der Waals surface area contributed by atoms with Crippen molar-refractivity contribution in [3.63, 3.8) is 0 Å². The monoisotopic (exact) mass is 410 g/mol. The van der Waals surface area contributed by atoms with Gasteiger partial charge in [0.1, 0.15) is 12.3 Å². The Morgan fingerprint density at radius 3 is 2.41 bits per heavy atom. The van der Waals surface area contributed by atoms with Gasteiger partial charge in [0.05, 0.1) is 18.0 Å². The average molecular weight is 411 g/mol. The number of amides is 1. The predicted octanol–water partition coefficient (Wildman–Crippen LogP) is 3.21. The van der Waals surface area contributed by atoms with Crippen molar-refractivity contribution in [2.24, 2.45) is 0 Å². The molecule has 0 bridgehead atoms. The van der Waals surface area contributed by atoms with E-state index in [0.717, 1.165) is 21.9 Å². The maximum atomic E-state index is 12.3. The van der Waals surface area contributed by atoms with Gasteiger partial charge in [-0.3, -0.25) is 9.10 Å². The zero-order valence-electron chi connectivity index (χ0n) is 15.5. The molecule has 0 radical (unpaired) electrons. The summed E-state index contributed by atoms with van der Waals surface area (Å²) >= 11 is 5.93. The summed E-state index contributed by atoms with van der Waals surface area (Å²) in [4.78, 5) is 12.3. The van der Waals surface area contributed by atoms with Crippen molar-refractivity contribution in [3.05, 3.63) is 59.1 Å².